The van der Waals surface area contributed by atoms with Gasteiger partial charge in [-0.3, -0.25) is 28.7 Å². The number of aryl methyl sites for hydroxylation is 2. The minimum atomic E-state index is -0.973. The fraction of sp³-hybridized carbons (Fsp3) is 0.636. The maximum Gasteiger partial charge on any atom is 0.330 e. The van der Waals surface area contributed by atoms with Gasteiger partial charge in [-0.05, 0) is 13.8 Å². The average molecular weight is 540 g/mol. The van der Waals surface area contributed by atoms with E-state index in [2.05, 4.69) is 9.97 Å². The van der Waals surface area contributed by atoms with Crippen LogP contribution >= 0.6 is 0 Å². The highest BCUT2D eigenvalue weighted by Gasteiger charge is 2.58. The monoisotopic (exact) mass is 540 g/mol. The summed E-state index contributed by atoms with van der Waals surface area (Å²) < 4.78 is 23.5. The summed E-state index contributed by atoms with van der Waals surface area (Å²) in [7, 11) is 0. The van der Waals surface area contributed by atoms with Gasteiger partial charge in [-0.15, -0.1) is 0 Å². The Morgan fingerprint density at radius 3 is 1.42 bits per heavy atom. The second kappa shape index (κ2) is 9.97. The highest BCUT2D eigenvalue weighted by Crippen LogP contribution is 2.45. The van der Waals surface area contributed by atoms with E-state index in [0.717, 1.165) is 9.13 Å². The lowest BCUT2D eigenvalue weighted by Crippen LogP contribution is -2.52. The molecule has 0 unspecified atom stereocenters. The zero-order valence-corrected chi connectivity index (χ0v) is 20.3. The van der Waals surface area contributed by atoms with Crippen LogP contribution in [-0.4, -0.2) is 89.7 Å². The molecule has 4 aliphatic heterocycles. The second-order valence-corrected chi connectivity index (χ2v) is 9.60. The van der Waals surface area contributed by atoms with Crippen molar-refractivity contribution < 1.29 is 39.4 Å². The number of aliphatic hydroxyl groups is 4. The lowest BCUT2D eigenvalue weighted by molar-refractivity contribution is -0.285. The number of aromatic amines is 2. The van der Waals surface area contributed by atoms with Gasteiger partial charge in [0.1, 0.15) is 12.2 Å². The van der Waals surface area contributed by atoms with E-state index in [-0.39, 0.29) is 25.0 Å². The number of hydrogen-bond donors (Lipinski definition) is 6. The first-order valence-corrected chi connectivity index (χ1v) is 11.9. The lowest BCUT2D eigenvalue weighted by Gasteiger charge is -2.38. The van der Waals surface area contributed by atoms with Crippen molar-refractivity contribution in [3.8, 4) is 0 Å². The molecule has 4 fully saturated rings. The quantitative estimate of drug-likeness (QED) is 0.219. The summed E-state index contributed by atoms with van der Waals surface area (Å²) >= 11 is 0. The predicted molar refractivity (Wildman–Crippen MR) is 123 cm³/mol. The Kier molecular flexibility index (Phi) is 6.99. The van der Waals surface area contributed by atoms with Gasteiger partial charge in [0, 0.05) is 23.5 Å². The summed E-state index contributed by atoms with van der Waals surface area (Å²) in [6.07, 6.45) is -3.33. The van der Waals surface area contributed by atoms with Gasteiger partial charge in [0.25, 0.3) is 11.1 Å². The molecule has 2 aromatic heterocycles. The third-order valence-corrected chi connectivity index (χ3v) is 7.23. The van der Waals surface area contributed by atoms with E-state index < -0.39 is 71.9 Å². The molecule has 4 saturated heterocycles. The standard InChI is InChI=1S/2C11H14N2O6/c2*1-4-2-13(11(17)12-8(4)16)9-7(15)6-5(3-14)18-10(6)19-9/h2*2,5-7,9-10,14-15H,3H2,1H3,(H,12,16,17)/t2*5-,6+,7+,9+,10-/m10/s1. The van der Waals surface area contributed by atoms with Crippen LogP contribution < -0.4 is 22.5 Å². The molecule has 6 heterocycles. The second-order valence-electron chi connectivity index (χ2n) is 9.60. The molecule has 208 valence electrons. The van der Waals surface area contributed by atoms with Crippen LogP contribution in [0.4, 0.5) is 0 Å². The highest BCUT2D eigenvalue weighted by atomic mass is 16.7. The van der Waals surface area contributed by atoms with Crippen molar-refractivity contribution in [2.75, 3.05) is 13.2 Å². The number of aliphatic hydroxyl groups excluding tert-OH is 4. The molecule has 0 bridgehead atoms. The molecular weight excluding hydrogens is 512 g/mol. The smallest absolute Gasteiger partial charge is 0.330 e. The SMILES string of the molecule is Cc1cn([C@@H]2O[C@@H]3O[C@@H](CO)[C@@H]3[C@H]2O)c(=O)[nH]c1=O.Cc1cn([C@H]2O[C@H]3O[C@H](CO)[C@H]3[C@@H]2O)c(=O)[nH]c1=O. The van der Waals surface area contributed by atoms with Gasteiger partial charge in [-0.1, -0.05) is 0 Å². The first-order chi connectivity index (χ1) is 18.0. The summed E-state index contributed by atoms with van der Waals surface area (Å²) in [5.41, 5.74) is -1.56. The van der Waals surface area contributed by atoms with E-state index in [1.165, 1.54) is 12.4 Å². The zero-order chi connectivity index (χ0) is 27.5. The maximum absolute atomic E-state index is 11.7. The Morgan fingerprint density at radius 1 is 0.711 bits per heavy atom. The van der Waals surface area contributed by atoms with Gasteiger partial charge in [0.15, 0.2) is 25.0 Å². The van der Waals surface area contributed by atoms with Crippen LogP contribution in [0.15, 0.2) is 31.6 Å². The van der Waals surface area contributed by atoms with Gasteiger partial charge in [-0.25, -0.2) is 9.59 Å². The van der Waals surface area contributed by atoms with E-state index in [1.54, 1.807) is 13.8 Å². The summed E-state index contributed by atoms with van der Waals surface area (Å²) in [4.78, 5) is 50.4. The van der Waals surface area contributed by atoms with E-state index in [0.29, 0.717) is 11.1 Å². The third-order valence-electron chi connectivity index (χ3n) is 7.23. The topological polar surface area (TPSA) is 228 Å². The van der Waals surface area contributed by atoms with E-state index in [1.807, 2.05) is 0 Å². The molecule has 6 rings (SSSR count). The van der Waals surface area contributed by atoms with Gasteiger partial charge >= 0.3 is 11.4 Å². The van der Waals surface area contributed by atoms with Crippen LogP contribution in [0.1, 0.15) is 23.6 Å². The molecule has 0 aliphatic carbocycles. The van der Waals surface area contributed by atoms with Crippen molar-refractivity contribution >= 4 is 0 Å². The van der Waals surface area contributed by atoms with Crippen LogP contribution in [0.3, 0.4) is 0 Å². The van der Waals surface area contributed by atoms with Gasteiger partial charge in [0.2, 0.25) is 0 Å². The number of aromatic nitrogens is 4. The summed E-state index contributed by atoms with van der Waals surface area (Å²) in [6.45, 7) is 2.68. The summed E-state index contributed by atoms with van der Waals surface area (Å²) in [5.74, 6) is -0.733. The number of ether oxygens (including phenoxy) is 4. The molecule has 0 saturated carbocycles. The van der Waals surface area contributed by atoms with Crippen molar-refractivity contribution in [1.29, 1.82) is 0 Å². The summed E-state index contributed by atoms with van der Waals surface area (Å²) in [5, 5.41) is 38.4. The molecule has 4 aliphatic rings. The first-order valence-electron chi connectivity index (χ1n) is 11.9. The molecule has 16 heteroatoms. The van der Waals surface area contributed by atoms with Crippen LogP contribution in [0.25, 0.3) is 0 Å². The Labute approximate surface area is 212 Å². The molecule has 16 nitrogen and oxygen atoms in total. The molecule has 0 aromatic carbocycles. The molecule has 2 aromatic rings. The number of rotatable bonds is 4. The zero-order valence-electron chi connectivity index (χ0n) is 20.3. The fourth-order valence-electron chi connectivity index (χ4n) is 5.04. The van der Waals surface area contributed by atoms with Crippen molar-refractivity contribution in [2.45, 2.75) is 63.3 Å². The van der Waals surface area contributed by atoms with E-state index in [4.69, 9.17) is 29.2 Å². The van der Waals surface area contributed by atoms with Crippen LogP contribution in [0, 0.1) is 25.7 Å². The van der Waals surface area contributed by atoms with Crippen molar-refractivity contribution in [1.82, 2.24) is 19.1 Å². The van der Waals surface area contributed by atoms with Gasteiger partial charge in [-0.2, -0.15) is 0 Å². The minimum Gasteiger partial charge on any atom is -0.394 e. The maximum atomic E-state index is 11.7. The molecule has 6 N–H and O–H groups in total. The van der Waals surface area contributed by atoms with Crippen molar-refractivity contribution in [3.63, 3.8) is 0 Å². The van der Waals surface area contributed by atoms with Gasteiger partial charge in [0.05, 0.1) is 37.3 Å². The number of nitrogens with one attached hydrogen (secondary N) is 2. The van der Waals surface area contributed by atoms with Crippen molar-refractivity contribution in [2.24, 2.45) is 11.8 Å². The Morgan fingerprint density at radius 2 is 1.08 bits per heavy atom. The molecule has 38 heavy (non-hydrogen) atoms. The third kappa shape index (κ3) is 4.28. The number of fused-ring (bicyclic) bond motifs is 2. The highest BCUT2D eigenvalue weighted by molar-refractivity contribution is 5.05. The van der Waals surface area contributed by atoms with E-state index in [9.17, 15) is 29.4 Å². The lowest BCUT2D eigenvalue weighted by atomic mass is 9.92. The number of H-pyrrole nitrogens is 2. The van der Waals surface area contributed by atoms with E-state index >= 15 is 0 Å². The largest absolute Gasteiger partial charge is 0.394 e. The molecular formula is C22H28N4O12. The summed E-state index contributed by atoms with van der Waals surface area (Å²) in [6, 6.07) is 0. The molecule has 10 atom stereocenters. The van der Waals surface area contributed by atoms with Crippen LogP contribution in [0.5, 0.6) is 0 Å². The minimum absolute atomic E-state index is 0.214. The normalized spacial score (nSPS) is 36.9. The Bertz CT molecular complexity index is 1320. The first kappa shape index (κ1) is 26.6. The average Bonchev–Trinajstić information content (AvgIpc) is 3.23. The van der Waals surface area contributed by atoms with Crippen molar-refractivity contribution in [3.05, 3.63) is 65.2 Å². The number of nitrogens with zero attached hydrogens (tertiary/aromatic N) is 2. The van der Waals surface area contributed by atoms with Gasteiger partial charge < -0.3 is 39.4 Å². The fourth-order valence-corrected chi connectivity index (χ4v) is 5.04. The number of hydrogen-bond acceptors (Lipinski definition) is 12. The van der Waals surface area contributed by atoms with Crippen LogP contribution in [-0.2, 0) is 18.9 Å². The Hall–Kier alpha value is -2.96. The molecule has 0 spiro atoms. The molecule has 0 amide bonds. The van der Waals surface area contributed by atoms with Crippen LogP contribution in [0.2, 0.25) is 0 Å². The predicted octanol–water partition coefficient (Wildman–Crippen LogP) is -3.86. The molecule has 0 radical (unpaired) electrons. The Balaban J connectivity index is 0.000000155.